The summed E-state index contributed by atoms with van der Waals surface area (Å²) in [5, 5.41) is 0. The number of hydrogen-bond donors (Lipinski definition) is 1. The lowest BCUT2D eigenvalue weighted by Gasteiger charge is -2.20. The van der Waals surface area contributed by atoms with Crippen molar-refractivity contribution < 1.29 is 12.8 Å². The predicted octanol–water partition coefficient (Wildman–Crippen LogP) is 2.92. The Morgan fingerprint density at radius 2 is 1.95 bits per heavy atom. The van der Waals surface area contributed by atoms with E-state index in [1.807, 2.05) is 0 Å². The Hall–Kier alpha value is -1.60. The van der Waals surface area contributed by atoms with E-state index in [1.165, 1.54) is 28.6 Å². The van der Waals surface area contributed by atoms with Gasteiger partial charge < -0.3 is 5.73 Å². The van der Waals surface area contributed by atoms with Gasteiger partial charge in [0.1, 0.15) is 10.7 Å². The molecule has 1 aliphatic heterocycles. The first-order valence-electron chi connectivity index (χ1n) is 6.26. The number of hydrogen-bond acceptors (Lipinski definition) is 3. The monoisotopic (exact) mass is 370 g/mol. The van der Waals surface area contributed by atoms with Crippen LogP contribution in [0.25, 0.3) is 0 Å². The molecular formula is C14H12BrFN2O2S. The molecule has 0 saturated heterocycles. The van der Waals surface area contributed by atoms with E-state index < -0.39 is 15.8 Å². The van der Waals surface area contributed by atoms with Crippen LogP contribution in [0.5, 0.6) is 0 Å². The van der Waals surface area contributed by atoms with E-state index in [0.29, 0.717) is 16.6 Å². The number of rotatable bonds is 2. The maximum absolute atomic E-state index is 13.4. The molecular weight excluding hydrogens is 359 g/mol. The van der Waals surface area contributed by atoms with E-state index in [0.717, 1.165) is 5.56 Å². The van der Waals surface area contributed by atoms with Crippen LogP contribution in [0.1, 0.15) is 5.56 Å². The van der Waals surface area contributed by atoms with Crippen molar-refractivity contribution >= 4 is 37.3 Å². The Morgan fingerprint density at radius 3 is 2.67 bits per heavy atom. The van der Waals surface area contributed by atoms with Crippen LogP contribution in [0, 0.1) is 5.82 Å². The lowest BCUT2D eigenvalue weighted by molar-refractivity contribution is 0.592. The number of nitrogens with zero attached hydrogens (tertiary/aromatic N) is 1. The molecule has 0 radical (unpaired) electrons. The first-order valence-corrected chi connectivity index (χ1v) is 8.49. The van der Waals surface area contributed by atoms with Crippen LogP contribution in [-0.2, 0) is 16.4 Å². The summed E-state index contributed by atoms with van der Waals surface area (Å²) < 4.78 is 40.8. The molecule has 0 unspecified atom stereocenters. The van der Waals surface area contributed by atoms with Crippen LogP contribution in [0.15, 0.2) is 45.8 Å². The average molecular weight is 371 g/mol. The molecule has 0 atom stereocenters. The van der Waals surface area contributed by atoms with Crippen molar-refractivity contribution in [1.82, 2.24) is 0 Å². The van der Waals surface area contributed by atoms with Crippen LogP contribution >= 0.6 is 15.9 Å². The van der Waals surface area contributed by atoms with Crippen LogP contribution in [0.3, 0.4) is 0 Å². The summed E-state index contributed by atoms with van der Waals surface area (Å²) in [6.45, 7) is 0.288. The summed E-state index contributed by atoms with van der Waals surface area (Å²) in [5.41, 5.74) is 7.18. The lowest BCUT2D eigenvalue weighted by Crippen LogP contribution is -2.29. The first-order chi connectivity index (χ1) is 9.89. The molecule has 2 aromatic rings. The van der Waals surface area contributed by atoms with Gasteiger partial charge in [0.15, 0.2) is 0 Å². The molecule has 0 aliphatic carbocycles. The van der Waals surface area contributed by atoms with Crippen molar-refractivity contribution in [3.8, 4) is 0 Å². The third-order valence-corrected chi connectivity index (χ3v) is 5.82. The molecule has 21 heavy (non-hydrogen) atoms. The fraction of sp³-hybridized carbons (Fsp3) is 0.143. The lowest BCUT2D eigenvalue weighted by atomic mass is 10.2. The van der Waals surface area contributed by atoms with Gasteiger partial charge in [0.2, 0.25) is 0 Å². The molecule has 1 heterocycles. The standard InChI is InChI=1S/C14H12BrFN2O2S/c15-10-2-4-14(12(17)7-10)21(19,20)18-6-5-9-1-3-11(16)8-13(9)18/h1-4,7-8H,5-6,17H2. The normalized spacial score (nSPS) is 14.3. The van der Waals surface area contributed by atoms with Crippen molar-refractivity contribution in [2.45, 2.75) is 11.3 Å². The second kappa shape index (κ2) is 4.99. The molecule has 4 nitrogen and oxygen atoms in total. The molecule has 0 amide bonds. The minimum absolute atomic E-state index is 0.0304. The van der Waals surface area contributed by atoms with Gasteiger partial charge in [-0.15, -0.1) is 0 Å². The van der Waals surface area contributed by atoms with Gasteiger partial charge in [-0.2, -0.15) is 0 Å². The molecule has 7 heteroatoms. The summed E-state index contributed by atoms with van der Waals surface area (Å²) in [5.74, 6) is -0.459. The number of sulfonamides is 1. The molecule has 0 aromatic heterocycles. The highest BCUT2D eigenvalue weighted by Gasteiger charge is 2.32. The Bertz CT molecular complexity index is 824. The molecule has 110 valence electrons. The summed E-state index contributed by atoms with van der Waals surface area (Å²) in [6, 6.07) is 8.80. The van der Waals surface area contributed by atoms with E-state index >= 15 is 0 Å². The average Bonchev–Trinajstić information content (AvgIpc) is 2.81. The van der Waals surface area contributed by atoms with Crippen molar-refractivity contribution in [2.75, 3.05) is 16.6 Å². The van der Waals surface area contributed by atoms with Crippen molar-refractivity contribution in [3.05, 3.63) is 52.3 Å². The van der Waals surface area contributed by atoms with Gasteiger partial charge in [-0.05, 0) is 42.3 Å². The highest BCUT2D eigenvalue weighted by Crippen LogP contribution is 2.35. The van der Waals surface area contributed by atoms with Crippen LogP contribution in [0.4, 0.5) is 15.8 Å². The Morgan fingerprint density at radius 1 is 1.19 bits per heavy atom. The predicted molar refractivity (Wildman–Crippen MR) is 83.2 cm³/mol. The second-order valence-corrected chi connectivity index (χ2v) is 7.53. The summed E-state index contributed by atoms with van der Waals surface area (Å²) in [6.07, 6.45) is 0.561. The zero-order chi connectivity index (χ0) is 15.2. The van der Waals surface area contributed by atoms with Gasteiger partial charge in [-0.3, -0.25) is 4.31 Å². The third kappa shape index (κ3) is 2.40. The number of benzene rings is 2. The third-order valence-electron chi connectivity index (χ3n) is 3.44. The van der Waals surface area contributed by atoms with Gasteiger partial charge >= 0.3 is 0 Å². The van der Waals surface area contributed by atoms with Gasteiger partial charge in [-0.25, -0.2) is 12.8 Å². The number of halogens is 2. The maximum atomic E-state index is 13.4. The van der Waals surface area contributed by atoms with Gasteiger partial charge in [0.25, 0.3) is 10.0 Å². The largest absolute Gasteiger partial charge is 0.398 e. The maximum Gasteiger partial charge on any atom is 0.266 e. The Balaban J connectivity index is 2.11. The molecule has 0 spiro atoms. The Labute approximate surface area is 130 Å². The van der Waals surface area contributed by atoms with E-state index in [1.54, 1.807) is 12.1 Å². The van der Waals surface area contributed by atoms with Crippen LogP contribution in [-0.4, -0.2) is 15.0 Å². The van der Waals surface area contributed by atoms with Crippen molar-refractivity contribution in [1.29, 1.82) is 0 Å². The molecule has 0 bridgehead atoms. The molecule has 3 rings (SSSR count). The zero-order valence-electron chi connectivity index (χ0n) is 10.9. The van der Waals surface area contributed by atoms with E-state index in [-0.39, 0.29) is 17.1 Å². The smallest absolute Gasteiger partial charge is 0.266 e. The number of nitrogens with two attached hydrogens (primary N) is 1. The second-order valence-electron chi connectivity index (χ2n) is 4.78. The minimum Gasteiger partial charge on any atom is -0.398 e. The molecule has 0 saturated carbocycles. The van der Waals surface area contributed by atoms with Crippen molar-refractivity contribution in [2.24, 2.45) is 0 Å². The molecule has 2 N–H and O–H groups in total. The first kappa shape index (κ1) is 14.3. The molecule has 2 aromatic carbocycles. The zero-order valence-corrected chi connectivity index (χ0v) is 13.3. The van der Waals surface area contributed by atoms with Gasteiger partial charge in [-0.1, -0.05) is 22.0 Å². The quantitative estimate of drug-likeness (QED) is 0.826. The van der Waals surface area contributed by atoms with E-state index in [4.69, 9.17) is 5.73 Å². The van der Waals surface area contributed by atoms with Crippen LogP contribution in [0.2, 0.25) is 0 Å². The Kier molecular flexibility index (Phi) is 3.41. The van der Waals surface area contributed by atoms with Gasteiger partial charge in [0.05, 0.1) is 11.4 Å². The minimum atomic E-state index is -3.80. The molecule has 0 fully saturated rings. The number of fused-ring (bicyclic) bond motifs is 1. The van der Waals surface area contributed by atoms with Gasteiger partial charge in [0, 0.05) is 11.0 Å². The fourth-order valence-electron chi connectivity index (χ4n) is 2.45. The van der Waals surface area contributed by atoms with E-state index in [9.17, 15) is 12.8 Å². The number of anilines is 2. The molecule has 1 aliphatic rings. The van der Waals surface area contributed by atoms with E-state index in [2.05, 4.69) is 15.9 Å². The SMILES string of the molecule is Nc1cc(Br)ccc1S(=O)(=O)N1CCc2ccc(F)cc21. The highest BCUT2D eigenvalue weighted by atomic mass is 79.9. The van der Waals surface area contributed by atoms with Crippen LogP contribution < -0.4 is 10.0 Å². The number of nitrogen functional groups attached to an aromatic ring is 1. The summed E-state index contributed by atoms with van der Waals surface area (Å²) in [4.78, 5) is 0.0304. The topological polar surface area (TPSA) is 63.4 Å². The van der Waals surface area contributed by atoms with Crippen molar-refractivity contribution in [3.63, 3.8) is 0 Å². The summed E-state index contributed by atoms with van der Waals surface area (Å²) in [7, 11) is -3.80. The fourth-order valence-corrected chi connectivity index (χ4v) is 4.42. The highest BCUT2D eigenvalue weighted by molar-refractivity contribution is 9.10. The summed E-state index contributed by atoms with van der Waals surface area (Å²) >= 11 is 3.24.